The number of thioether (sulfide) groups is 1. The van der Waals surface area contributed by atoms with Gasteiger partial charge in [-0.15, -0.1) is 0 Å². The molecule has 3 atom stereocenters. The highest BCUT2D eigenvalue weighted by atomic mass is 32.2. The third-order valence-electron chi connectivity index (χ3n) is 4.88. The predicted octanol–water partition coefficient (Wildman–Crippen LogP) is 3.67. The summed E-state index contributed by atoms with van der Waals surface area (Å²) in [5, 5.41) is 20.3. The van der Waals surface area contributed by atoms with Crippen molar-refractivity contribution in [1.29, 1.82) is 0 Å². The van der Waals surface area contributed by atoms with Gasteiger partial charge in [0.05, 0.1) is 11.6 Å². The molecule has 1 saturated carbocycles. The summed E-state index contributed by atoms with van der Waals surface area (Å²) in [4.78, 5) is 17.8. The minimum absolute atomic E-state index is 0.0243. The van der Waals surface area contributed by atoms with E-state index in [0.717, 1.165) is 0 Å². The van der Waals surface area contributed by atoms with E-state index in [1.165, 1.54) is 22.7 Å². The van der Waals surface area contributed by atoms with Gasteiger partial charge in [0.2, 0.25) is 0 Å². The molecule has 1 amide bonds. The number of amides is 1. The highest BCUT2D eigenvalue weighted by Gasteiger charge is 2.52. The molecular weight excluding hydrogens is 343 g/mol. The first-order valence-corrected chi connectivity index (χ1v) is 9.32. The Bertz CT molecular complexity index is 719. The van der Waals surface area contributed by atoms with E-state index in [2.05, 4.69) is 0 Å². The number of aliphatic imine (C=N–C) groups is 1. The fraction of sp³-hybridized carbons (Fsp3) is 0.556. The maximum atomic E-state index is 14.6. The van der Waals surface area contributed by atoms with Crippen LogP contribution in [-0.2, 0) is 5.54 Å². The first-order chi connectivity index (χ1) is 11.6. The van der Waals surface area contributed by atoms with Crippen molar-refractivity contribution in [3.05, 3.63) is 35.6 Å². The molecular formula is C18H23FN2O3S. The van der Waals surface area contributed by atoms with E-state index >= 15 is 0 Å². The molecule has 0 spiro atoms. The van der Waals surface area contributed by atoms with E-state index in [0.29, 0.717) is 29.3 Å². The Labute approximate surface area is 150 Å². The van der Waals surface area contributed by atoms with Crippen LogP contribution in [0.4, 0.5) is 9.18 Å². The second kappa shape index (κ2) is 6.29. The Morgan fingerprint density at radius 3 is 2.68 bits per heavy atom. The first kappa shape index (κ1) is 18.2. The van der Waals surface area contributed by atoms with Gasteiger partial charge in [0.15, 0.2) is 5.17 Å². The van der Waals surface area contributed by atoms with Crippen molar-refractivity contribution in [2.24, 2.45) is 10.9 Å². The average molecular weight is 366 g/mol. The van der Waals surface area contributed by atoms with Gasteiger partial charge >= 0.3 is 6.09 Å². The Morgan fingerprint density at radius 1 is 1.40 bits per heavy atom. The number of hydrogen-bond acceptors (Lipinski definition) is 4. The van der Waals surface area contributed by atoms with Crippen LogP contribution in [0.3, 0.4) is 0 Å². The minimum atomic E-state index is -1.08. The molecule has 0 bridgehead atoms. The number of aliphatic hydroxyl groups excluding tert-OH is 1. The summed E-state index contributed by atoms with van der Waals surface area (Å²) in [6.07, 6.45) is -0.804. The Balaban J connectivity index is 2.15. The summed E-state index contributed by atoms with van der Waals surface area (Å²) in [6, 6.07) is 6.46. The molecule has 2 aliphatic rings. The monoisotopic (exact) mass is 366 g/mol. The SMILES string of the molecule is CC(C)(C)N(C(=O)O)C1=NC2(c3ccccc3F)CC(O)CC2CS1. The zero-order valence-corrected chi connectivity index (χ0v) is 15.4. The van der Waals surface area contributed by atoms with E-state index in [1.54, 1.807) is 39.0 Å². The molecule has 0 radical (unpaired) electrons. The van der Waals surface area contributed by atoms with Gasteiger partial charge in [0, 0.05) is 29.2 Å². The van der Waals surface area contributed by atoms with E-state index in [9.17, 15) is 19.4 Å². The van der Waals surface area contributed by atoms with Gasteiger partial charge in [0.25, 0.3) is 0 Å². The maximum Gasteiger partial charge on any atom is 0.413 e. The summed E-state index contributed by atoms with van der Waals surface area (Å²) in [6.45, 7) is 5.40. The fourth-order valence-corrected chi connectivity index (χ4v) is 5.30. The van der Waals surface area contributed by atoms with Crippen molar-refractivity contribution in [3.63, 3.8) is 0 Å². The van der Waals surface area contributed by atoms with Crippen LogP contribution in [0.25, 0.3) is 0 Å². The summed E-state index contributed by atoms with van der Waals surface area (Å²) in [7, 11) is 0. The molecule has 3 rings (SSSR count). The number of hydrogen-bond donors (Lipinski definition) is 2. The number of rotatable bonds is 1. The first-order valence-electron chi connectivity index (χ1n) is 8.34. The molecule has 0 aromatic heterocycles. The van der Waals surface area contributed by atoms with Crippen LogP contribution in [0.5, 0.6) is 0 Å². The Kier molecular flexibility index (Phi) is 4.58. The highest BCUT2D eigenvalue weighted by molar-refractivity contribution is 8.13. The lowest BCUT2D eigenvalue weighted by Gasteiger charge is -2.41. The number of carbonyl (C=O) groups is 1. The number of halogens is 1. The summed E-state index contributed by atoms with van der Waals surface area (Å²) >= 11 is 1.37. The average Bonchev–Trinajstić information content (AvgIpc) is 2.82. The number of benzene rings is 1. The van der Waals surface area contributed by atoms with Crippen molar-refractivity contribution in [2.75, 3.05) is 5.75 Å². The summed E-state index contributed by atoms with van der Waals surface area (Å²) in [5.41, 5.74) is -1.14. The van der Waals surface area contributed by atoms with Gasteiger partial charge < -0.3 is 10.2 Å². The molecule has 1 aromatic carbocycles. The zero-order valence-electron chi connectivity index (χ0n) is 14.6. The second-order valence-corrected chi connectivity index (χ2v) is 8.68. The Hall–Kier alpha value is -1.60. The van der Waals surface area contributed by atoms with Gasteiger partial charge in [-0.1, -0.05) is 30.0 Å². The normalized spacial score (nSPS) is 29.1. The maximum absolute atomic E-state index is 14.6. The van der Waals surface area contributed by atoms with Crippen molar-refractivity contribution in [1.82, 2.24) is 4.90 Å². The smallest absolute Gasteiger partial charge is 0.413 e. The van der Waals surface area contributed by atoms with E-state index < -0.39 is 23.3 Å². The summed E-state index contributed by atoms with van der Waals surface area (Å²) < 4.78 is 14.6. The van der Waals surface area contributed by atoms with Crippen molar-refractivity contribution in [2.45, 2.75) is 50.8 Å². The summed E-state index contributed by atoms with van der Waals surface area (Å²) in [5.74, 6) is 0.211. The third kappa shape index (κ3) is 3.15. The van der Waals surface area contributed by atoms with E-state index in [4.69, 9.17) is 4.99 Å². The topological polar surface area (TPSA) is 73.1 Å². The molecule has 3 unspecified atom stereocenters. The lowest BCUT2D eigenvalue weighted by molar-refractivity contribution is 0.141. The van der Waals surface area contributed by atoms with Gasteiger partial charge in [-0.05, 0) is 33.3 Å². The molecule has 5 nitrogen and oxygen atoms in total. The minimum Gasteiger partial charge on any atom is -0.465 e. The molecule has 1 aliphatic carbocycles. The van der Waals surface area contributed by atoms with Crippen LogP contribution in [0.1, 0.15) is 39.2 Å². The molecule has 1 heterocycles. The predicted molar refractivity (Wildman–Crippen MR) is 96.3 cm³/mol. The lowest BCUT2D eigenvalue weighted by Crippen LogP contribution is -2.50. The number of nitrogens with zero attached hydrogens (tertiary/aromatic N) is 2. The number of fused-ring (bicyclic) bond motifs is 1. The van der Waals surface area contributed by atoms with Crippen molar-refractivity contribution in [3.8, 4) is 0 Å². The van der Waals surface area contributed by atoms with Crippen LogP contribution in [0, 0.1) is 11.7 Å². The van der Waals surface area contributed by atoms with Crippen molar-refractivity contribution < 1.29 is 19.4 Å². The second-order valence-electron chi connectivity index (χ2n) is 7.69. The Morgan fingerprint density at radius 2 is 2.08 bits per heavy atom. The molecule has 1 aromatic rings. The van der Waals surface area contributed by atoms with Crippen LogP contribution < -0.4 is 0 Å². The molecule has 0 saturated heterocycles. The zero-order chi connectivity index (χ0) is 18.4. The molecule has 1 aliphatic heterocycles. The standard InChI is InChI=1S/C18H23FN2O3S/c1-17(2,3)21(16(23)24)15-20-18(13-6-4-5-7-14(13)19)9-12(22)8-11(18)10-25-15/h4-7,11-12,22H,8-10H2,1-3H3,(H,23,24). The van der Waals surface area contributed by atoms with Gasteiger partial charge in [-0.3, -0.25) is 4.90 Å². The number of aliphatic hydroxyl groups is 1. The van der Waals surface area contributed by atoms with Crippen LogP contribution >= 0.6 is 11.8 Å². The van der Waals surface area contributed by atoms with Crippen LogP contribution in [0.2, 0.25) is 0 Å². The third-order valence-corrected chi connectivity index (χ3v) is 5.98. The van der Waals surface area contributed by atoms with Crippen LogP contribution in [-0.4, -0.2) is 43.8 Å². The van der Waals surface area contributed by atoms with Gasteiger partial charge in [-0.2, -0.15) is 0 Å². The van der Waals surface area contributed by atoms with Crippen molar-refractivity contribution >= 4 is 23.0 Å². The van der Waals surface area contributed by atoms with E-state index in [1.807, 2.05) is 0 Å². The largest absolute Gasteiger partial charge is 0.465 e. The molecule has 7 heteroatoms. The lowest BCUT2D eigenvalue weighted by atomic mass is 9.81. The van der Waals surface area contributed by atoms with Crippen LogP contribution in [0.15, 0.2) is 29.3 Å². The molecule has 25 heavy (non-hydrogen) atoms. The number of amidine groups is 1. The number of carboxylic acid groups (broad SMARTS) is 1. The van der Waals surface area contributed by atoms with Gasteiger partial charge in [-0.25, -0.2) is 14.2 Å². The highest BCUT2D eigenvalue weighted by Crippen LogP contribution is 2.52. The van der Waals surface area contributed by atoms with E-state index in [-0.39, 0.29) is 11.7 Å². The molecule has 1 fully saturated rings. The quantitative estimate of drug-likeness (QED) is 0.795. The van der Waals surface area contributed by atoms with Gasteiger partial charge in [0.1, 0.15) is 5.82 Å². The molecule has 2 N–H and O–H groups in total. The fourth-order valence-electron chi connectivity index (χ4n) is 3.83. The molecule has 136 valence electrons.